The van der Waals surface area contributed by atoms with Crippen LogP contribution in [0.25, 0.3) is 0 Å². The van der Waals surface area contributed by atoms with Crippen molar-refractivity contribution in [3.05, 3.63) is 35.9 Å². The molecule has 0 aromatic heterocycles. The van der Waals surface area contributed by atoms with Crippen molar-refractivity contribution in [2.45, 2.75) is 13.0 Å². The van der Waals surface area contributed by atoms with Gasteiger partial charge >= 0.3 is 11.9 Å². The smallest absolute Gasteiger partial charge is 0.311 e. The van der Waals surface area contributed by atoms with E-state index < -0.39 is 17.9 Å². The number of rotatable bonds is 6. The summed E-state index contributed by atoms with van der Waals surface area (Å²) in [4.78, 5) is 22.0. The van der Waals surface area contributed by atoms with Gasteiger partial charge in [0.1, 0.15) is 6.61 Å². The van der Waals surface area contributed by atoms with Crippen molar-refractivity contribution >= 4 is 11.9 Å². The van der Waals surface area contributed by atoms with E-state index >= 15 is 0 Å². The molecule has 0 amide bonds. The first kappa shape index (κ1) is 13.2. The largest absolute Gasteiger partial charge is 0.481 e. The summed E-state index contributed by atoms with van der Waals surface area (Å²) in [5.74, 6) is -2.41. The number of carboxylic acids is 1. The highest BCUT2D eigenvalue weighted by Crippen LogP contribution is 2.07. The molecule has 5 nitrogen and oxygen atoms in total. The summed E-state index contributed by atoms with van der Waals surface area (Å²) in [6, 6.07) is 9.17. The molecule has 1 atom stereocenters. The highest BCUT2D eigenvalue weighted by atomic mass is 16.5. The quantitative estimate of drug-likeness (QED) is 0.713. The second-order valence-corrected chi connectivity index (χ2v) is 3.62. The van der Waals surface area contributed by atoms with E-state index in [0.717, 1.165) is 5.56 Å². The van der Waals surface area contributed by atoms with Gasteiger partial charge in [-0.2, -0.15) is 0 Å². The number of benzene rings is 1. The molecule has 0 fully saturated rings. The lowest BCUT2D eigenvalue weighted by atomic mass is 10.1. The SMILES string of the molecule is NCC(CC(=O)O)C(=O)OCc1ccccc1. The first-order valence-corrected chi connectivity index (χ1v) is 5.26. The molecule has 0 aliphatic rings. The Labute approximate surface area is 99.2 Å². The molecule has 0 heterocycles. The predicted octanol–water partition coefficient (Wildman–Crippen LogP) is 0.779. The van der Waals surface area contributed by atoms with Crippen LogP contribution in [0.15, 0.2) is 30.3 Å². The molecule has 0 aliphatic carbocycles. The zero-order valence-corrected chi connectivity index (χ0v) is 9.33. The maximum Gasteiger partial charge on any atom is 0.311 e. The summed E-state index contributed by atoms with van der Waals surface area (Å²) in [6.45, 7) is 0.107. The fourth-order valence-electron chi connectivity index (χ4n) is 1.32. The van der Waals surface area contributed by atoms with Crippen molar-refractivity contribution in [3.8, 4) is 0 Å². The number of carboxylic acid groups (broad SMARTS) is 1. The molecular weight excluding hydrogens is 222 g/mol. The summed E-state index contributed by atoms with van der Waals surface area (Å²) in [7, 11) is 0. The molecule has 1 aromatic rings. The third-order valence-corrected chi connectivity index (χ3v) is 2.26. The van der Waals surface area contributed by atoms with Gasteiger partial charge in [-0.25, -0.2) is 0 Å². The summed E-state index contributed by atoms with van der Waals surface area (Å²) < 4.78 is 5.00. The first-order valence-electron chi connectivity index (χ1n) is 5.26. The predicted molar refractivity (Wildman–Crippen MR) is 61.0 cm³/mol. The minimum Gasteiger partial charge on any atom is -0.481 e. The number of hydrogen-bond donors (Lipinski definition) is 2. The zero-order chi connectivity index (χ0) is 12.7. The van der Waals surface area contributed by atoms with E-state index in [-0.39, 0.29) is 19.6 Å². The molecule has 0 saturated heterocycles. The fraction of sp³-hybridized carbons (Fsp3) is 0.333. The van der Waals surface area contributed by atoms with Gasteiger partial charge in [0, 0.05) is 6.54 Å². The highest BCUT2D eigenvalue weighted by Gasteiger charge is 2.21. The van der Waals surface area contributed by atoms with Crippen LogP contribution in [0.1, 0.15) is 12.0 Å². The van der Waals surface area contributed by atoms with Crippen LogP contribution in [-0.2, 0) is 20.9 Å². The second-order valence-electron chi connectivity index (χ2n) is 3.62. The Hall–Kier alpha value is -1.88. The van der Waals surface area contributed by atoms with Crippen molar-refractivity contribution in [1.82, 2.24) is 0 Å². The van der Waals surface area contributed by atoms with Gasteiger partial charge in [0.05, 0.1) is 12.3 Å². The molecule has 3 N–H and O–H groups in total. The van der Waals surface area contributed by atoms with Gasteiger partial charge in [0.15, 0.2) is 0 Å². The molecular formula is C12H15NO4. The number of esters is 1. The van der Waals surface area contributed by atoms with Crippen LogP contribution in [0.2, 0.25) is 0 Å². The van der Waals surface area contributed by atoms with Crippen LogP contribution in [0.5, 0.6) is 0 Å². The topological polar surface area (TPSA) is 89.6 Å². The van der Waals surface area contributed by atoms with E-state index in [9.17, 15) is 9.59 Å². The average Bonchev–Trinajstić information content (AvgIpc) is 2.34. The van der Waals surface area contributed by atoms with Crippen LogP contribution in [0.3, 0.4) is 0 Å². The Bertz CT molecular complexity index is 377. The van der Waals surface area contributed by atoms with E-state index in [0.29, 0.717) is 0 Å². The fourth-order valence-corrected chi connectivity index (χ4v) is 1.32. The molecule has 92 valence electrons. The van der Waals surface area contributed by atoms with Crippen LogP contribution < -0.4 is 5.73 Å². The van der Waals surface area contributed by atoms with Crippen LogP contribution in [0, 0.1) is 5.92 Å². The average molecular weight is 237 g/mol. The Balaban J connectivity index is 2.45. The van der Waals surface area contributed by atoms with Crippen LogP contribution in [-0.4, -0.2) is 23.6 Å². The lowest BCUT2D eigenvalue weighted by molar-refractivity contribution is -0.153. The maximum absolute atomic E-state index is 11.5. The summed E-state index contributed by atoms with van der Waals surface area (Å²) in [5, 5.41) is 8.59. The van der Waals surface area contributed by atoms with Gasteiger partial charge in [-0.3, -0.25) is 9.59 Å². The number of carbonyl (C=O) groups excluding carboxylic acids is 1. The van der Waals surface area contributed by atoms with Gasteiger partial charge in [0.25, 0.3) is 0 Å². The number of ether oxygens (including phenoxy) is 1. The van der Waals surface area contributed by atoms with E-state index in [1.165, 1.54) is 0 Å². The summed E-state index contributed by atoms with van der Waals surface area (Å²) in [5.41, 5.74) is 6.18. The zero-order valence-electron chi connectivity index (χ0n) is 9.33. The minimum atomic E-state index is -1.06. The Morgan fingerprint density at radius 2 is 1.94 bits per heavy atom. The Morgan fingerprint density at radius 3 is 2.47 bits per heavy atom. The first-order chi connectivity index (χ1) is 8.13. The third-order valence-electron chi connectivity index (χ3n) is 2.26. The molecule has 1 aromatic carbocycles. The van der Waals surface area contributed by atoms with E-state index in [1.807, 2.05) is 30.3 Å². The number of nitrogens with two attached hydrogens (primary N) is 1. The number of aliphatic carboxylic acids is 1. The molecule has 0 saturated carbocycles. The van der Waals surface area contributed by atoms with Gasteiger partial charge in [-0.1, -0.05) is 30.3 Å². The van der Waals surface area contributed by atoms with Gasteiger partial charge in [-0.05, 0) is 5.56 Å². The summed E-state index contributed by atoms with van der Waals surface area (Å²) >= 11 is 0. The Morgan fingerprint density at radius 1 is 1.29 bits per heavy atom. The van der Waals surface area contributed by atoms with Crippen LogP contribution >= 0.6 is 0 Å². The maximum atomic E-state index is 11.5. The number of carbonyl (C=O) groups is 2. The van der Waals surface area contributed by atoms with E-state index in [1.54, 1.807) is 0 Å². The molecule has 17 heavy (non-hydrogen) atoms. The standard InChI is InChI=1S/C12H15NO4/c13-7-10(6-11(14)15)12(16)17-8-9-4-2-1-3-5-9/h1-5,10H,6-8,13H2,(H,14,15). The van der Waals surface area contributed by atoms with Crippen molar-refractivity contribution < 1.29 is 19.4 Å². The molecule has 5 heteroatoms. The van der Waals surface area contributed by atoms with Crippen molar-refractivity contribution in [2.24, 2.45) is 11.7 Å². The lowest BCUT2D eigenvalue weighted by Crippen LogP contribution is -2.27. The van der Waals surface area contributed by atoms with Gasteiger partial charge < -0.3 is 15.6 Å². The second kappa shape index (κ2) is 6.65. The van der Waals surface area contributed by atoms with Crippen molar-refractivity contribution in [1.29, 1.82) is 0 Å². The minimum absolute atomic E-state index is 0.0279. The summed E-state index contributed by atoms with van der Waals surface area (Å²) in [6.07, 6.45) is -0.301. The molecule has 1 rings (SSSR count). The molecule has 0 radical (unpaired) electrons. The van der Waals surface area contributed by atoms with E-state index in [4.69, 9.17) is 15.6 Å². The normalized spacial score (nSPS) is 11.8. The van der Waals surface area contributed by atoms with Crippen LogP contribution in [0.4, 0.5) is 0 Å². The molecule has 1 unspecified atom stereocenters. The monoisotopic (exact) mass is 237 g/mol. The third kappa shape index (κ3) is 4.65. The molecule has 0 bridgehead atoms. The van der Waals surface area contributed by atoms with Gasteiger partial charge in [-0.15, -0.1) is 0 Å². The highest BCUT2D eigenvalue weighted by molar-refractivity contribution is 5.79. The molecule has 0 aliphatic heterocycles. The van der Waals surface area contributed by atoms with Crippen molar-refractivity contribution in [3.63, 3.8) is 0 Å². The lowest BCUT2D eigenvalue weighted by Gasteiger charge is -2.11. The Kier molecular flexibility index (Phi) is 5.16. The van der Waals surface area contributed by atoms with Crippen molar-refractivity contribution in [2.75, 3.05) is 6.54 Å². The number of hydrogen-bond acceptors (Lipinski definition) is 4. The van der Waals surface area contributed by atoms with Gasteiger partial charge in [0.2, 0.25) is 0 Å². The molecule has 0 spiro atoms. The van der Waals surface area contributed by atoms with E-state index in [2.05, 4.69) is 0 Å².